The highest BCUT2D eigenvalue weighted by molar-refractivity contribution is 5.85. The van der Waals surface area contributed by atoms with Gasteiger partial charge in [0.25, 0.3) is 0 Å². The summed E-state index contributed by atoms with van der Waals surface area (Å²) in [6, 6.07) is 3.88. The Morgan fingerprint density at radius 1 is 1.14 bits per heavy atom. The first-order valence-electron chi connectivity index (χ1n) is 7.09. The van der Waals surface area contributed by atoms with Crippen molar-refractivity contribution in [2.45, 2.75) is 32.2 Å². The summed E-state index contributed by atoms with van der Waals surface area (Å²) in [5, 5.41) is 3.15. The number of nitrogens with zero attached hydrogens (tertiary/aromatic N) is 1. The molecule has 0 atom stereocenters. The number of likely N-dealkylation sites (tertiary alicyclic amines) is 1. The van der Waals surface area contributed by atoms with Crippen molar-refractivity contribution in [1.82, 2.24) is 10.2 Å². The summed E-state index contributed by atoms with van der Waals surface area (Å²) in [5.74, 6) is -1.44. The number of hydrogen-bond donors (Lipinski definition) is 1. The molecule has 1 amide bonds. The zero-order chi connectivity index (χ0) is 14.4. The van der Waals surface area contributed by atoms with E-state index in [9.17, 15) is 13.6 Å². The molecule has 1 aromatic carbocycles. The first kappa shape index (κ1) is 17.9. The van der Waals surface area contributed by atoms with Crippen LogP contribution < -0.4 is 5.32 Å². The second-order valence-corrected chi connectivity index (χ2v) is 5.12. The summed E-state index contributed by atoms with van der Waals surface area (Å²) < 4.78 is 25.8. The SMILES string of the molecule is Cl.O=C1CCCCCN1CCNCc1ccc(F)c(F)c1. The number of halogens is 3. The molecular formula is C15H21ClF2N2O. The number of amides is 1. The molecule has 21 heavy (non-hydrogen) atoms. The van der Waals surface area contributed by atoms with Crippen molar-refractivity contribution in [1.29, 1.82) is 0 Å². The van der Waals surface area contributed by atoms with Gasteiger partial charge in [0.05, 0.1) is 0 Å². The second-order valence-electron chi connectivity index (χ2n) is 5.12. The highest BCUT2D eigenvalue weighted by Gasteiger charge is 2.15. The Balaban J connectivity index is 0.00000220. The smallest absolute Gasteiger partial charge is 0.222 e. The molecule has 1 aliphatic heterocycles. The van der Waals surface area contributed by atoms with Gasteiger partial charge < -0.3 is 10.2 Å². The van der Waals surface area contributed by atoms with Gasteiger partial charge in [0, 0.05) is 32.6 Å². The number of rotatable bonds is 5. The van der Waals surface area contributed by atoms with E-state index in [0.29, 0.717) is 31.6 Å². The minimum atomic E-state index is -0.830. The van der Waals surface area contributed by atoms with E-state index in [1.165, 1.54) is 6.07 Å². The van der Waals surface area contributed by atoms with E-state index in [0.717, 1.165) is 31.9 Å². The molecule has 0 bridgehead atoms. The van der Waals surface area contributed by atoms with E-state index in [1.54, 1.807) is 6.07 Å². The summed E-state index contributed by atoms with van der Waals surface area (Å²) in [5.41, 5.74) is 0.700. The Bertz CT molecular complexity index is 471. The molecule has 2 rings (SSSR count). The van der Waals surface area contributed by atoms with Gasteiger partial charge in [-0.05, 0) is 30.5 Å². The zero-order valence-electron chi connectivity index (χ0n) is 11.9. The number of carbonyl (C=O) groups is 1. The molecule has 0 radical (unpaired) electrons. The summed E-state index contributed by atoms with van der Waals surface area (Å²) in [7, 11) is 0. The molecule has 1 N–H and O–H groups in total. The molecular weight excluding hydrogens is 298 g/mol. The predicted octanol–water partition coefficient (Wildman–Crippen LogP) is 2.88. The maximum Gasteiger partial charge on any atom is 0.222 e. The molecule has 0 saturated carbocycles. The van der Waals surface area contributed by atoms with Gasteiger partial charge in [-0.25, -0.2) is 8.78 Å². The molecule has 1 aromatic rings. The Morgan fingerprint density at radius 2 is 1.95 bits per heavy atom. The van der Waals surface area contributed by atoms with Crippen LogP contribution in [0.5, 0.6) is 0 Å². The van der Waals surface area contributed by atoms with Crippen LogP contribution >= 0.6 is 12.4 Å². The van der Waals surface area contributed by atoms with Crippen molar-refractivity contribution in [3.05, 3.63) is 35.4 Å². The fourth-order valence-corrected chi connectivity index (χ4v) is 2.37. The highest BCUT2D eigenvalue weighted by Crippen LogP contribution is 2.11. The monoisotopic (exact) mass is 318 g/mol. The van der Waals surface area contributed by atoms with Crippen LogP contribution in [0.15, 0.2) is 18.2 Å². The lowest BCUT2D eigenvalue weighted by atomic mass is 10.2. The van der Waals surface area contributed by atoms with Gasteiger partial charge >= 0.3 is 0 Å². The molecule has 0 aliphatic carbocycles. The van der Waals surface area contributed by atoms with Crippen LogP contribution in [-0.4, -0.2) is 30.4 Å². The normalized spacial score (nSPS) is 15.5. The maximum absolute atomic E-state index is 13.0. The summed E-state index contributed by atoms with van der Waals surface area (Å²) in [6.45, 7) is 2.62. The Hall–Kier alpha value is -1.20. The van der Waals surface area contributed by atoms with E-state index in [-0.39, 0.29) is 18.3 Å². The fourth-order valence-electron chi connectivity index (χ4n) is 2.37. The van der Waals surface area contributed by atoms with Crippen molar-refractivity contribution < 1.29 is 13.6 Å². The number of benzene rings is 1. The van der Waals surface area contributed by atoms with Gasteiger partial charge in [-0.3, -0.25) is 4.79 Å². The van der Waals surface area contributed by atoms with Crippen molar-refractivity contribution >= 4 is 18.3 Å². The molecule has 6 heteroatoms. The molecule has 3 nitrogen and oxygen atoms in total. The molecule has 1 saturated heterocycles. The maximum atomic E-state index is 13.0. The first-order chi connectivity index (χ1) is 9.66. The largest absolute Gasteiger partial charge is 0.341 e. The summed E-state index contributed by atoms with van der Waals surface area (Å²) >= 11 is 0. The lowest BCUT2D eigenvalue weighted by Crippen LogP contribution is -2.36. The second kappa shape index (κ2) is 8.95. The lowest BCUT2D eigenvalue weighted by molar-refractivity contribution is -0.130. The van der Waals surface area contributed by atoms with E-state index >= 15 is 0 Å². The van der Waals surface area contributed by atoms with E-state index < -0.39 is 11.6 Å². The lowest BCUT2D eigenvalue weighted by Gasteiger charge is -2.20. The molecule has 1 heterocycles. The van der Waals surface area contributed by atoms with Crippen molar-refractivity contribution in [3.8, 4) is 0 Å². The van der Waals surface area contributed by atoms with Gasteiger partial charge in [0.2, 0.25) is 5.91 Å². The van der Waals surface area contributed by atoms with Crippen molar-refractivity contribution in [3.63, 3.8) is 0 Å². The van der Waals surface area contributed by atoms with Gasteiger partial charge in [-0.15, -0.1) is 12.4 Å². The van der Waals surface area contributed by atoms with E-state index in [1.807, 2.05) is 4.90 Å². The van der Waals surface area contributed by atoms with Gasteiger partial charge in [0.1, 0.15) is 0 Å². The average Bonchev–Trinajstić information content (AvgIpc) is 2.64. The topological polar surface area (TPSA) is 32.3 Å². The third-order valence-corrected chi connectivity index (χ3v) is 3.54. The Labute approximate surface area is 130 Å². The summed E-state index contributed by atoms with van der Waals surface area (Å²) in [4.78, 5) is 13.6. The minimum Gasteiger partial charge on any atom is -0.341 e. The molecule has 0 aromatic heterocycles. The van der Waals surface area contributed by atoms with E-state index in [2.05, 4.69) is 5.32 Å². The van der Waals surface area contributed by atoms with Crippen molar-refractivity contribution in [2.24, 2.45) is 0 Å². The van der Waals surface area contributed by atoms with Crippen molar-refractivity contribution in [2.75, 3.05) is 19.6 Å². The predicted molar refractivity (Wildman–Crippen MR) is 80.4 cm³/mol. The number of nitrogens with one attached hydrogen (secondary N) is 1. The summed E-state index contributed by atoms with van der Waals surface area (Å²) in [6.07, 6.45) is 3.81. The van der Waals surface area contributed by atoms with Crippen LogP contribution in [0.3, 0.4) is 0 Å². The first-order valence-corrected chi connectivity index (χ1v) is 7.09. The van der Waals surface area contributed by atoms with E-state index in [4.69, 9.17) is 0 Å². The Kier molecular flexibility index (Phi) is 7.61. The van der Waals surface area contributed by atoms with Crippen LogP contribution in [0.25, 0.3) is 0 Å². The Morgan fingerprint density at radius 3 is 2.71 bits per heavy atom. The molecule has 1 aliphatic rings. The molecule has 0 spiro atoms. The van der Waals surface area contributed by atoms with Crippen LogP contribution in [0.4, 0.5) is 8.78 Å². The highest BCUT2D eigenvalue weighted by atomic mass is 35.5. The number of hydrogen-bond acceptors (Lipinski definition) is 2. The molecule has 1 fully saturated rings. The van der Waals surface area contributed by atoms with Gasteiger partial charge in [0.15, 0.2) is 11.6 Å². The van der Waals surface area contributed by atoms with Gasteiger partial charge in [-0.2, -0.15) is 0 Å². The number of carbonyl (C=O) groups excluding carboxylic acids is 1. The standard InChI is InChI=1S/C15H20F2N2O.ClH/c16-13-6-5-12(10-14(13)17)11-18-7-9-19-8-3-1-2-4-15(19)20;/h5-6,10,18H,1-4,7-9,11H2;1H. The van der Waals surface area contributed by atoms with Crippen LogP contribution in [0.1, 0.15) is 31.2 Å². The zero-order valence-corrected chi connectivity index (χ0v) is 12.7. The van der Waals surface area contributed by atoms with Crippen LogP contribution in [0.2, 0.25) is 0 Å². The minimum absolute atomic E-state index is 0. The molecule has 0 unspecified atom stereocenters. The van der Waals surface area contributed by atoms with Crippen LogP contribution in [-0.2, 0) is 11.3 Å². The third kappa shape index (κ3) is 5.59. The molecule has 118 valence electrons. The van der Waals surface area contributed by atoms with Gasteiger partial charge in [-0.1, -0.05) is 12.5 Å². The fraction of sp³-hybridized carbons (Fsp3) is 0.533. The average molecular weight is 319 g/mol. The quantitative estimate of drug-likeness (QED) is 0.847. The third-order valence-electron chi connectivity index (χ3n) is 3.54. The van der Waals surface area contributed by atoms with Crippen LogP contribution in [0, 0.1) is 11.6 Å².